The normalized spacial score (nSPS) is 25.0. The van der Waals surface area contributed by atoms with Gasteiger partial charge in [0.15, 0.2) is 0 Å². The predicted molar refractivity (Wildman–Crippen MR) is 83.8 cm³/mol. The highest BCUT2D eigenvalue weighted by atomic mass is 32.2. The number of sulfonamides is 1. The minimum absolute atomic E-state index is 0.197. The van der Waals surface area contributed by atoms with Crippen LogP contribution in [-0.2, 0) is 10.0 Å². The topological polar surface area (TPSA) is 65.5 Å². The minimum Gasteiger partial charge on any atom is -0.384 e. The van der Waals surface area contributed by atoms with Crippen LogP contribution in [0.5, 0.6) is 0 Å². The Morgan fingerprint density at radius 3 is 2.52 bits per heavy atom. The Morgan fingerprint density at radius 2 is 1.95 bits per heavy atom. The summed E-state index contributed by atoms with van der Waals surface area (Å²) in [4.78, 5) is 6.45. The molecule has 0 aliphatic carbocycles. The Bertz CT molecular complexity index is 578. The first kappa shape index (κ1) is 16.2. The van der Waals surface area contributed by atoms with Crippen molar-refractivity contribution in [1.29, 1.82) is 0 Å². The average molecular weight is 312 g/mol. The van der Waals surface area contributed by atoms with E-state index in [0.29, 0.717) is 25.3 Å². The monoisotopic (exact) mass is 312 g/mol. The number of nitrogens with zero attached hydrogens (tertiary/aromatic N) is 3. The Kier molecular flexibility index (Phi) is 4.85. The molecule has 1 saturated heterocycles. The summed E-state index contributed by atoms with van der Waals surface area (Å²) in [6.07, 6.45) is 3.03. The van der Waals surface area contributed by atoms with E-state index in [9.17, 15) is 8.42 Å². The Hall–Kier alpha value is -1.18. The zero-order valence-electron chi connectivity index (χ0n) is 13.1. The predicted octanol–water partition coefficient (Wildman–Crippen LogP) is 1.23. The molecule has 0 radical (unpaired) electrons. The number of likely N-dealkylation sites (N-methyl/N-ethyl adjacent to an activating group) is 1. The van der Waals surface area contributed by atoms with Gasteiger partial charge in [0, 0.05) is 44.1 Å². The molecule has 0 bridgehead atoms. The van der Waals surface area contributed by atoms with E-state index in [1.54, 1.807) is 16.6 Å². The Balaban J connectivity index is 2.34. The van der Waals surface area contributed by atoms with Crippen molar-refractivity contribution in [2.45, 2.75) is 37.8 Å². The summed E-state index contributed by atoms with van der Waals surface area (Å²) in [6.45, 7) is 7.71. The fourth-order valence-electron chi connectivity index (χ4n) is 2.61. The molecule has 0 saturated carbocycles. The number of pyridine rings is 1. The van der Waals surface area contributed by atoms with Crippen LogP contribution in [0.4, 0.5) is 5.69 Å². The zero-order chi connectivity index (χ0) is 15.6. The molecule has 1 aromatic rings. The number of rotatable bonds is 4. The largest absolute Gasteiger partial charge is 0.384 e. The van der Waals surface area contributed by atoms with Crippen molar-refractivity contribution in [3.63, 3.8) is 0 Å². The van der Waals surface area contributed by atoms with Gasteiger partial charge >= 0.3 is 0 Å². The summed E-state index contributed by atoms with van der Waals surface area (Å²) in [6, 6.07) is 2.10. The maximum absolute atomic E-state index is 12.9. The van der Waals surface area contributed by atoms with Gasteiger partial charge in [-0.25, -0.2) is 8.42 Å². The van der Waals surface area contributed by atoms with Crippen LogP contribution in [0, 0.1) is 0 Å². The maximum Gasteiger partial charge on any atom is 0.246 e. The van der Waals surface area contributed by atoms with Crippen LogP contribution in [0.3, 0.4) is 0 Å². The second-order valence-electron chi connectivity index (χ2n) is 5.59. The van der Waals surface area contributed by atoms with Gasteiger partial charge in [0.25, 0.3) is 0 Å². The third-order valence-electron chi connectivity index (χ3n) is 4.10. The Labute approximate surface area is 127 Å². The molecule has 2 atom stereocenters. The van der Waals surface area contributed by atoms with Crippen LogP contribution in [0.1, 0.15) is 20.8 Å². The van der Waals surface area contributed by atoms with Crippen molar-refractivity contribution >= 4 is 15.7 Å². The van der Waals surface area contributed by atoms with Gasteiger partial charge in [-0.3, -0.25) is 9.88 Å². The molecular formula is C14H24N4O2S. The first-order valence-electron chi connectivity index (χ1n) is 7.28. The molecule has 21 heavy (non-hydrogen) atoms. The summed E-state index contributed by atoms with van der Waals surface area (Å²) in [5, 5.41) is 3.10. The molecule has 1 aliphatic heterocycles. The van der Waals surface area contributed by atoms with Gasteiger partial charge < -0.3 is 5.32 Å². The van der Waals surface area contributed by atoms with Crippen LogP contribution in [0.2, 0.25) is 0 Å². The van der Waals surface area contributed by atoms with E-state index < -0.39 is 10.0 Å². The van der Waals surface area contributed by atoms with Crippen molar-refractivity contribution in [1.82, 2.24) is 14.2 Å². The zero-order valence-corrected chi connectivity index (χ0v) is 13.9. The molecule has 0 spiro atoms. The average Bonchev–Trinajstić information content (AvgIpc) is 2.45. The highest BCUT2D eigenvalue weighted by Crippen LogP contribution is 2.26. The van der Waals surface area contributed by atoms with Crippen LogP contribution in [0.15, 0.2) is 23.4 Å². The van der Waals surface area contributed by atoms with Crippen LogP contribution < -0.4 is 5.32 Å². The number of hydrogen-bond acceptors (Lipinski definition) is 5. The molecule has 1 N–H and O–H groups in total. The molecule has 2 rings (SSSR count). The Morgan fingerprint density at radius 1 is 1.33 bits per heavy atom. The second kappa shape index (κ2) is 6.29. The van der Waals surface area contributed by atoms with Gasteiger partial charge in [-0.15, -0.1) is 0 Å². The van der Waals surface area contributed by atoms with E-state index >= 15 is 0 Å². The van der Waals surface area contributed by atoms with Gasteiger partial charge in [0.05, 0.1) is 5.69 Å². The molecule has 1 aliphatic rings. The molecule has 6 nitrogen and oxygen atoms in total. The van der Waals surface area contributed by atoms with Gasteiger partial charge in [0.2, 0.25) is 10.0 Å². The maximum atomic E-state index is 12.9. The van der Waals surface area contributed by atoms with Crippen LogP contribution in [0.25, 0.3) is 0 Å². The standard InChI is InChI=1S/C14H24N4O2S/c1-5-16-13-6-7-15-8-14(13)21(19,20)18-9-11(2)17(4)12(3)10-18/h6-8,11-12H,5,9-10H2,1-4H3,(H,15,16). The van der Waals surface area contributed by atoms with E-state index in [1.807, 2.05) is 27.8 Å². The highest BCUT2D eigenvalue weighted by molar-refractivity contribution is 7.89. The molecule has 118 valence electrons. The van der Waals surface area contributed by atoms with Crippen molar-refractivity contribution in [2.24, 2.45) is 0 Å². The third-order valence-corrected chi connectivity index (χ3v) is 5.95. The smallest absolute Gasteiger partial charge is 0.246 e. The fraction of sp³-hybridized carbons (Fsp3) is 0.643. The molecule has 2 heterocycles. The number of aromatic nitrogens is 1. The first-order chi connectivity index (χ1) is 9.87. The molecule has 7 heteroatoms. The lowest BCUT2D eigenvalue weighted by Gasteiger charge is -2.41. The molecule has 1 fully saturated rings. The van der Waals surface area contributed by atoms with Crippen molar-refractivity contribution < 1.29 is 8.42 Å². The minimum atomic E-state index is -3.52. The first-order valence-corrected chi connectivity index (χ1v) is 8.72. The fourth-order valence-corrected chi connectivity index (χ4v) is 4.33. The van der Waals surface area contributed by atoms with E-state index in [1.165, 1.54) is 6.20 Å². The molecule has 0 amide bonds. The lowest BCUT2D eigenvalue weighted by molar-refractivity contribution is 0.105. The number of hydrogen-bond donors (Lipinski definition) is 1. The van der Waals surface area contributed by atoms with Gasteiger partial charge in [-0.2, -0.15) is 4.31 Å². The summed E-state index contributed by atoms with van der Waals surface area (Å²) in [5.41, 5.74) is 0.617. The number of anilines is 1. The van der Waals surface area contributed by atoms with E-state index in [-0.39, 0.29) is 17.0 Å². The summed E-state index contributed by atoms with van der Waals surface area (Å²) >= 11 is 0. The molecule has 0 aromatic carbocycles. The van der Waals surface area contributed by atoms with Crippen LogP contribution in [-0.4, -0.2) is 61.4 Å². The SMILES string of the molecule is CCNc1ccncc1S(=O)(=O)N1CC(C)N(C)C(C)C1. The summed E-state index contributed by atoms with van der Waals surface area (Å²) in [5.74, 6) is 0. The summed E-state index contributed by atoms with van der Waals surface area (Å²) < 4.78 is 27.4. The third kappa shape index (κ3) is 3.20. The van der Waals surface area contributed by atoms with E-state index in [4.69, 9.17) is 0 Å². The second-order valence-corrected chi connectivity index (χ2v) is 7.49. The lowest BCUT2D eigenvalue weighted by atomic mass is 10.1. The highest BCUT2D eigenvalue weighted by Gasteiger charge is 2.35. The van der Waals surface area contributed by atoms with Crippen LogP contribution >= 0.6 is 0 Å². The lowest BCUT2D eigenvalue weighted by Crippen LogP contribution is -2.56. The summed E-state index contributed by atoms with van der Waals surface area (Å²) in [7, 11) is -1.49. The quantitative estimate of drug-likeness (QED) is 0.906. The van der Waals surface area contributed by atoms with E-state index in [0.717, 1.165) is 0 Å². The van der Waals surface area contributed by atoms with Gasteiger partial charge in [-0.1, -0.05) is 0 Å². The molecule has 2 unspecified atom stereocenters. The van der Waals surface area contributed by atoms with Gasteiger partial charge in [0.1, 0.15) is 4.90 Å². The van der Waals surface area contributed by atoms with Crippen molar-refractivity contribution in [2.75, 3.05) is 32.0 Å². The number of nitrogens with one attached hydrogen (secondary N) is 1. The number of piperazine rings is 1. The van der Waals surface area contributed by atoms with Gasteiger partial charge in [-0.05, 0) is 33.9 Å². The molecular weight excluding hydrogens is 288 g/mol. The van der Waals surface area contributed by atoms with E-state index in [2.05, 4.69) is 15.2 Å². The van der Waals surface area contributed by atoms with Crippen molar-refractivity contribution in [3.8, 4) is 0 Å². The van der Waals surface area contributed by atoms with Crippen molar-refractivity contribution in [3.05, 3.63) is 18.5 Å². The molecule has 1 aromatic heterocycles.